The maximum atomic E-state index is 13.5. The lowest BCUT2D eigenvalue weighted by Crippen LogP contribution is -2.50. The average Bonchev–Trinajstić information content (AvgIpc) is 2.87. The lowest BCUT2D eigenvalue weighted by atomic mass is 10.0. The number of amides is 2. The Kier molecular flexibility index (Phi) is 10.2. The summed E-state index contributed by atoms with van der Waals surface area (Å²) in [5.41, 5.74) is 1.77. The van der Waals surface area contributed by atoms with Crippen molar-refractivity contribution in [2.45, 2.75) is 43.7 Å². The van der Waals surface area contributed by atoms with Crippen molar-refractivity contribution in [2.75, 3.05) is 12.3 Å². The second-order valence-corrected chi connectivity index (χ2v) is 9.22. The highest BCUT2D eigenvalue weighted by Gasteiger charge is 2.30. The van der Waals surface area contributed by atoms with E-state index in [1.165, 1.54) is 12.1 Å². The third-order valence-corrected chi connectivity index (χ3v) is 6.43. The standard InChI is InChI=1S/C28H31FN2O2S/c1-2-18-30-28(33)26(20-22-9-5-3-6-10-22)31(21-23-13-15-24(29)16-14-23)27(32)17-19-34-25-11-7-4-8-12-25/h3-16,26H,2,17-21H2,1H3,(H,30,33). The number of hydrogen-bond acceptors (Lipinski definition) is 3. The van der Waals surface area contributed by atoms with Crippen molar-refractivity contribution in [3.63, 3.8) is 0 Å². The van der Waals surface area contributed by atoms with E-state index in [2.05, 4.69) is 5.32 Å². The van der Waals surface area contributed by atoms with Gasteiger partial charge in [-0.1, -0.05) is 67.6 Å². The monoisotopic (exact) mass is 478 g/mol. The zero-order valence-electron chi connectivity index (χ0n) is 19.5. The van der Waals surface area contributed by atoms with Crippen LogP contribution >= 0.6 is 11.8 Å². The maximum Gasteiger partial charge on any atom is 0.243 e. The summed E-state index contributed by atoms with van der Waals surface area (Å²) >= 11 is 1.61. The summed E-state index contributed by atoms with van der Waals surface area (Å²) in [4.78, 5) is 29.4. The highest BCUT2D eigenvalue weighted by Crippen LogP contribution is 2.21. The first-order valence-corrected chi connectivity index (χ1v) is 12.6. The summed E-state index contributed by atoms with van der Waals surface area (Å²) in [5, 5.41) is 2.97. The molecule has 6 heteroatoms. The maximum absolute atomic E-state index is 13.5. The number of carbonyl (C=O) groups excluding carboxylic acids is 2. The van der Waals surface area contributed by atoms with Gasteiger partial charge in [0.05, 0.1) is 0 Å². The molecule has 2 amide bonds. The van der Waals surface area contributed by atoms with Crippen LogP contribution in [0.25, 0.3) is 0 Å². The molecule has 1 unspecified atom stereocenters. The molecule has 0 aliphatic carbocycles. The van der Waals surface area contributed by atoms with E-state index >= 15 is 0 Å². The molecule has 3 rings (SSSR count). The van der Waals surface area contributed by atoms with Gasteiger partial charge in [0, 0.05) is 36.6 Å². The van der Waals surface area contributed by atoms with Gasteiger partial charge in [-0.05, 0) is 41.8 Å². The van der Waals surface area contributed by atoms with Crippen molar-refractivity contribution in [1.82, 2.24) is 10.2 Å². The number of hydrogen-bond donors (Lipinski definition) is 1. The molecule has 0 radical (unpaired) electrons. The van der Waals surface area contributed by atoms with Gasteiger partial charge < -0.3 is 10.2 Å². The normalized spacial score (nSPS) is 11.6. The smallest absolute Gasteiger partial charge is 0.243 e. The fraction of sp³-hybridized carbons (Fsp3) is 0.286. The quantitative estimate of drug-likeness (QED) is 0.351. The van der Waals surface area contributed by atoms with E-state index in [0.717, 1.165) is 22.4 Å². The van der Waals surface area contributed by atoms with Crippen LogP contribution in [0.2, 0.25) is 0 Å². The first kappa shape index (κ1) is 25.5. The number of carbonyl (C=O) groups is 2. The summed E-state index contributed by atoms with van der Waals surface area (Å²) in [6.45, 7) is 2.79. The zero-order valence-corrected chi connectivity index (χ0v) is 20.3. The number of thioether (sulfide) groups is 1. The van der Waals surface area contributed by atoms with Crippen molar-refractivity contribution in [1.29, 1.82) is 0 Å². The Morgan fingerprint density at radius 2 is 1.56 bits per heavy atom. The van der Waals surface area contributed by atoms with Gasteiger partial charge in [0.15, 0.2) is 0 Å². The van der Waals surface area contributed by atoms with E-state index in [0.29, 0.717) is 25.1 Å². The fourth-order valence-corrected chi connectivity index (χ4v) is 4.48. The number of halogens is 1. The van der Waals surface area contributed by atoms with E-state index in [1.807, 2.05) is 67.6 Å². The van der Waals surface area contributed by atoms with E-state index < -0.39 is 6.04 Å². The van der Waals surface area contributed by atoms with Crippen LogP contribution in [0.1, 0.15) is 30.9 Å². The van der Waals surface area contributed by atoms with Gasteiger partial charge in [-0.2, -0.15) is 0 Å². The molecule has 0 fully saturated rings. The summed E-state index contributed by atoms with van der Waals surface area (Å²) in [5.74, 6) is 0.0110. The van der Waals surface area contributed by atoms with Gasteiger partial charge in [-0.3, -0.25) is 9.59 Å². The lowest BCUT2D eigenvalue weighted by molar-refractivity contribution is -0.141. The molecule has 0 saturated heterocycles. The van der Waals surface area contributed by atoms with E-state index in [4.69, 9.17) is 0 Å². The molecule has 0 aliphatic heterocycles. The van der Waals surface area contributed by atoms with Crippen molar-refractivity contribution in [3.05, 3.63) is 102 Å². The Morgan fingerprint density at radius 1 is 0.912 bits per heavy atom. The second kappa shape index (κ2) is 13.6. The van der Waals surface area contributed by atoms with Crippen LogP contribution in [0.4, 0.5) is 4.39 Å². The molecule has 0 heterocycles. The van der Waals surface area contributed by atoms with Crippen LogP contribution in [0.5, 0.6) is 0 Å². The molecule has 1 atom stereocenters. The lowest BCUT2D eigenvalue weighted by Gasteiger charge is -2.31. The molecule has 0 saturated carbocycles. The Bertz CT molecular complexity index is 1030. The Balaban J connectivity index is 1.82. The van der Waals surface area contributed by atoms with Gasteiger partial charge in [0.25, 0.3) is 0 Å². The predicted molar refractivity (Wildman–Crippen MR) is 136 cm³/mol. The van der Waals surface area contributed by atoms with Crippen LogP contribution in [-0.4, -0.2) is 35.1 Å². The number of rotatable bonds is 12. The van der Waals surface area contributed by atoms with Crippen LogP contribution in [0.3, 0.4) is 0 Å². The van der Waals surface area contributed by atoms with Crippen molar-refractivity contribution in [3.8, 4) is 0 Å². The van der Waals surface area contributed by atoms with Gasteiger partial charge >= 0.3 is 0 Å². The highest BCUT2D eigenvalue weighted by molar-refractivity contribution is 7.99. The SMILES string of the molecule is CCCNC(=O)C(Cc1ccccc1)N(Cc1ccc(F)cc1)C(=O)CCSc1ccccc1. The summed E-state index contributed by atoms with van der Waals surface area (Å²) in [7, 11) is 0. The van der Waals surface area contributed by atoms with Crippen molar-refractivity contribution < 1.29 is 14.0 Å². The molecule has 0 spiro atoms. The first-order valence-electron chi connectivity index (χ1n) is 11.6. The van der Waals surface area contributed by atoms with Gasteiger partial charge in [0.1, 0.15) is 11.9 Å². The minimum Gasteiger partial charge on any atom is -0.354 e. The largest absolute Gasteiger partial charge is 0.354 e. The van der Waals surface area contributed by atoms with Crippen LogP contribution in [0, 0.1) is 5.82 Å². The van der Waals surface area contributed by atoms with Gasteiger partial charge in [0.2, 0.25) is 11.8 Å². The molecule has 0 bridgehead atoms. The molecule has 0 aliphatic rings. The van der Waals surface area contributed by atoms with Gasteiger partial charge in [-0.15, -0.1) is 11.8 Å². The van der Waals surface area contributed by atoms with Crippen molar-refractivity contribution in [2.24, 2.45) is 0 Å². The van der Waals surface area contributed by atoms with Crippen LogP contribution in [-0.2, 0) is 22.6 Å². The third-order valence-electron chi connectivity index (χ3n) is 5.41. The van der Waals surface area contributed by atoms with Crippen LogP contribution in [0.15, 0.2) is 89.8 Å². The highest BCUT2D eigenvalue weighted by atomic mass is 32.2. The Morgan fingerprint density at radius 3 is 2.21 bits per heavy atom. The molecule has 4 nitrogen and oxygen atoms in total. The molecular formula is C28H31FN2O2S. The minimum absolute atomic E-state index is 0.0969. The number of nitrogens with zero attached hydrogens (tertiary/aromatic N) is 1. The summed E-state index contributed by atoms with van der Waals surface area (Å²) in [6, 6.07) is 25.1. The molecule has 3 aromatic carbocycles. The topological polar surface area (TPSA) is 49.4 Å². The molecule has 1 N–H and O–H groups in total. The summed E-state index contributed by atoms with van der Waals surface area (Å²) in [6.07, 6.45) is 1.52. The van der Waals surface area contributed by atoms with Crippen LogP contribution < -0.4 is 5.32 Å². The molecular weight excluding hydrogens is 447 g/mol. The Hall–Kier alpha value is -3.12. The number of nitrogens with one attached hydrogen (secondary N) is 1. The van der Waals surface area contributed by atoms with Crippen molar-refractivity contribution >= 4 is 23.6 Å². The van der Waals surface area contributed by atoms with E-state index in [1.54, 1.807) is 28.8 Å². The summed E-state index contributed by atoms with van der Waals surface area (Å²) < 4.78 is 13.5. The predicted octanol–water partition coefficient (Wildman–Crippen LogP) is 5.47. The number of benzene rings is 3. The third kappa shape index (κ3) is 8.03. The molecule has 3 aromatic rings. The zero-order chi connectivity index (χ0) is 24.2. The van der Waals surface area contributed by atoms with E-state index in [-0.39, 0.29) is 24.2 Å². The average molecular weight is 479 g/mol. The minimum atomic E-state index is -0.659. The Labute approximate surface area is 205 Å². The molecule has 0 aromatic heterocycles. The first-order chi connectivity index (χ1) is 16.6. The molecule has 178 valence electrons. The molecule has 34 heavy (non-hydrogen) atoms. The fourth-order valence-electron chi connectivity index (χ4n) is 3.62. The van der Waals surface area contributed by atoms with E-state index in [9.17, 15) is 14.0 Å². The second-order valence-electron chi connectivity index (χ2n) is 8.06. The van der Waals surface area contributed by atoms with Gasteiger partial charge in [-0.25, -0.2) is 4.39 Å².